The summed E-state index contributed by atoms with van der Waals surface area (Å²) in [6.45, 7) is 0.212. The number of carboxylic acids is 1. The molecule has 0 amide bonds. The number of hydrogen-bond acceptors (Lipinski definition) is 2. The Kier molecular flexibility index (Phi) is 6.45. The van der Waals surface area contributed by atoms with Crippen LogP contribution in [0.4, 0.5) is 26.3 Å². The van der Waals surface area contributed by atoms with Crippen molar-refractivity contribution in [2.75, 3.05) is 6.54 Å². The van der Waals surface area contributed by atoms with Crippen LogP contribution in [0.5, 0.6) is 0 Å². The minimum atomic E-state index is -4.86. The molecule has 2 N–H and O–H groups in total. The lowest BCUT2D eigenvalue weighted by Gasteiger charge is -2.16. The highest BCUT2D eigenvalue weighted by atomic mass is 19.4. The molecule has 3 nitrogen and oxygen atoms in total. The van der Waals surface area contributed by atoms with Crippen LogP contribution in [0.25, 0.3) is 6.08 Å². The first-order chi connectivity index (χ1) is 14.4. The van der Waals surface area contributed by atoms with Crippen LogP contribution in [0.2, 0.25) is 0 Å². The van der Waals surface area contributed by atoms with Gasteiger partial charge in [-0.15, -0.1) is 0 Å². The van der Waals surface area contributed by atoms with Crippen LogP contribution in [-0.2, 0) is 30.0 Å². The van der Waals surface area contributed by atoms with E-state index in [1.807, 2.05) is 12.1 Å². The molecule has 0 aliphatic heterocycles. The summed E-state index contributed by atoms with van der Waals surface area (Å²) in [5.74, 6) is -1.05. The quantitative estimate of drug-likeness (QED) is 0.449. The Balaban J connectivity index is 1.68. The summed E-state index contributed by atoms with van der Waals surface area (Å²) in [5.41, 5.74) is 0.0967. The molecule has 3 rings (SSSR count). The fourth-order valence-corrected chi connectivity index (χ4v) is 3.68. The molecule has 0 fully saturated rings. The third-order valence-electron chi connectivity index (χ3n) is 5.12. The number of alkyl halides is 6. The second-order valence-electron chi connectivity index (χ2n) is 7.34. The molecule has 0 heterocycles. The van der Waals surface area contributed by atoms with Gasteiger partial charge >= 0.3 is 18.3 Å². The van der Waals surface area contributed by atoms with Crippen LogP contribution < -0.4 is 5.32 Å². The minimum absolute atomic E-state index is 0.0122. The summed E-state index contributed by atoms with van der Waals surface area (Å²) in [6, 6.07) is 7.05. The van der Waals surface area contributed by atoms with Gasteiger partial charge in [-0.25, -0.2) is 4.79 Å². The van der Waals surface area contributed by atoms with Gasteiger partial charge in [0.2, 0.25) is 0 Å². The van der Waals surface area contributed by atoms with Crippen molar-refractivity contribution >= 4 is 12.0 Å². The molecular formula is C22H19F6NO2. The summed E-state index contributed by atoms with van der Waals surface area (Å²) in [7, 11) is 0. The number of halogens is 6. The zero-order valence-corrected chi connectivity index (χ0v) is 16.1. The maximum atomic E-state index is 13.0. The van der Waals surface area contributed by atoms with Crippen LogP contribution in [0, 0.1) is 0 Å². The second kappa shape index (κ2) is 8.74. The lowest BCUT2D eigenvalue weighted by Crippen LogP contribution is -2.22. The Hall–Kier alpha value is -2.81. The van der Waals surface area contributed by atoms with E-state index in [0.717, 1.165) is 47.7 Å². The van der Waals surface area contributed by atoms with Crippen molar-refractivity contribution in [3.63, 3.8) is 0 Å². The predicted molar refractivity (Wildman–Crippen MR) is 102 cm³/mol. The molecule has 1 atom stereocenters. The first-order valence-corrected chi connectivity index (χ1v) is 9.49. The number of benzene rings is 2. The molecule has 2 aromatic rings. The molecule has 31 heavy (non-hydrogen) atoms. The fraction of sp³-hybridized carbons (Fsp3) is 0.318. The summed E-state index contributed by atoms with van der Waals surface area (Å²) < 4.78 is 77.9. The van der Waals surface area contributed by atoms with Crippen molar-refractivity contribution in [2.24, 2.45) is 0 Å². The van der Waals surface area contributed by atoms with Crippen molar-refractivity contribution in [1.29, 1.82) is 0 Å². The zero-order valence-electron chi connectivity index (χ0n) is 16.1. The molecule has 0 bridgehead atoms. The van der Waals surface area contributed by atoms with Gasteiger partial charge in [0.05, 0.1) is 11.1 Å². The third-order valence-corrected chi connectivity index (χ3v) is 5.12. The van der Waals surface area contributed by atoms with Gasteiger partial charge in [-0.2, -0.15) is 26.3 Å². The number of carboxylic acid groups (broad SMARTS) is 1. The van der Waals surface area contributed by atoms with Crippen LogP contribution in [0.3, 0.4) is 0 Å². The first kappa shape index (κ1) is 22.9. The summed E-state index contributed by atoms with van der Waals surface area (Å²) >= 11 is 0. The molecule has 0 spiro atoms. The molecule has 9 heteroatoms. The van der Waals surface area contributed by atoms with E-state index in [0.29, 0.717) is 0 Å². The number of aliphatic carboxylic acids is 1. The maximum absolute atomic E-state index is 13.0. The van der Waals surface area contributed by atoms with Gasteiger partial charge in [0.25, 0.3) is 0 Å². The van der Waals surface area contributed by atoms with Gasteiger partial charge in [0, 0.05) is 12.1 Å². The van der Waals surface area contributed by atoms with E-state index in [-0.39, 0.29) is 30.6 Å². The number of rotatable bonds is 6. The monoisotopic (exact) mass is 443 g/mol. The average molecular weight is 443 g/mol. The molecule has 2 aromatic carbocycles. The van der Waals surface area contributed by atoms with E-state index in [1.165, 1.54) is 6.08 Å². The summed E-state index contributed by atoms with van der Waals surface area (Å²) in [4.78, 5) is 10.6. The number of fused-ring (bicyclic) bond motifs is 1. The van der Waals surface area contributed by atoms with Crippen molar-refractivity contribution < 1.29 is 36.2 Å². The highest BCUT2D eigenvalue weighted by Crippen LogP contribution is 2.36. The van der Waals surface area contributed by atoms with Gasteiger partial charge < -0.3 is 10.4 Å². The number of aryl methyl sites for hydroxylation is 1. The van der Waals surface area contributed by atoms with Gasteiger partial charge in [-0.05, 0) is 72.3 Å². The Morgan fingerprint density at radius 1 is 1.03 bits per heavy atom. The average Bonchev–Trinajstić information content (AvgIpc) is 3.07. The minimum Gasteiger partial charge on any atom is -0.478 e. The smallest absolute Gasteiger partial charge is 0.416 e. The Morgan fingerprint density at radius 2 is 1.68 bits per heavy atom. The van der Waals surface area contributed by atoms with E-state index in [4.69, 9.17) is 5.11 Å². The largest absolute Gasteiger partial charge is 0.478 e. The van der Waals surface area contributed by atoms with Crippen LogP contribution in [0.15, 0.2) is 42.5 Å². The van der Waals surface area contributed by atoms with Gasteiger partial charge in [-0.3, -0.25) is 0 Å². The maximum Gasteiger partial charge on any atom is 0.416 e. The Bertz CT molecular complexity index is 962. The van der Waals surface area contributed by atoms with E-state index in [1.54, 1.807) is 6.07 Å². The topological polar surface area (TPSA) is 49.3 Å². The van der Waals surface area contributed by atoms with E-state index < -0.39 is 29.4 Å². The van der Waals surface area contributed by atoms with Crippen molar-refractivity contribution in [3.8, 4) is 0 Å². The van der Waals surface area contributed by atoms with E-state index in [9.17, 15) is 31.1 Å². The zero-order chi connectivity index (χ0) is 22.8. The van der Waals surface area contributed by atoms with Gasteiger partial charge in [0.15, 0.2) is 0 Å². The van der Waals surface area contributed by atoms with Crippen molar-refractivity contribution in [3.05, 3.63) is 75.9 Å². The molecule has 166 valence electrons. The first-order valence-electron chi connectivity index (χ1n) is 9.49. The SMILES string of the molecule is O=C(O)/C=C/c1ccc2c(c1)CCC2NCCc1cc(C(F)(F)F)cc(C(F)(F)F)c1. The molecule has 1 aliphatic carbocycles. The molecule has 0 radical (unpaired) electrons. The molecule has 0 saturated carbocycles. The standard InChI is InChI=1S/C22H19F6NO2/c23-21(24,25)16-10-14(11-17(12-16)22(26,27)28)7-8-29-19-5-3-15-9-13(1-4-18(15)19)2-6-20(30)31/h1-2,4,6,9-12,19,29H,3,5,7-8H2,(H,30,31)/b6-2+. The van der Waals surface area contributed by atoms with Crippen LogP contribution in [-0.4, -0.2) is 17.6 Å². The van der Waals surface area contributed by atoms with Crippen molar-refractivity contribution in [2.45, 2.75) is 37.7 Å². The normalized spacial score (nSPS) is 16.6. The molecular weight excluding hydrogens is 424 g/mol. The van der Waals surface area contributed by atoms with Crippen LogP contribution >= 0.6 is 0 Å². The molecule has 1 unspecified atom stereocenters. The Labute approximate surface area is 174 Å². The number of nitrogens with one attached hydrogen (secondary N) is 1. The van der Waals surface area contributed by atoms with E-state index >= 15 is 0 Å². The van der Waals surface area contributed by atoms with Crippen LogP contribution in [0.1, 0.15) is 45.8 Å². The lowest BCUT2D eigenvalue weighted by atomic mass is 10.0. The number of hydrogen-bond donors (Lipinski definition) is 2. The second-order valence-corrected chi connectivity index (χ2v) is 7.34. The summed E-state index contributed by atoms with van der Waals surface area (Å²) in [6.07, 6.45) is -5.72. The Morgan fingerprint density at radius 3 is 2.26 bits per heavy atom. The molecule has 1 aliphatic rings. The van der Waals surface area contributed by atoms with Crippen molar-refractivity contribution in [1.82, 2.24) is 5.32 Å². The third kappa shape index (κ3) is 5.88. The summed E-state index contributed by atoms with van der Waals surface area (Å²) in [5, 5.41) is 11.9. The molecule has 0 aromatic heterocycles. The van der Waals surface area contributed by atoms with Gasteiger partial charge in [0.1, 0.15) is 0 Å². The van der Waals surface area contributed by atoms with Gasteiger partial charge in [-0.1, -0.05) is 18.2 Å². The highest BCUT2D eigenvalue weighted by Gasteiger charge is 2.36. The highest BCUT2D eigenvalue weighted by molar-refractivity contribution is 5.85. The number of carbonyl (C=O) groups is 1. The molecule has 0 saturated heterocycles. The van der Waals surface area contributed by atoms with E-state index in [2.05, 4.69) is 5.32 Å². The fourth-order valence-electron chi connectivity index (χ4n) is 3.68. The predicted octanol–water partition coefficient (Wildman–Crippen LogP) is 5.64. The lowest BCUT2D eigenvalue weighted by molar-refractivity contribution is -0.143.